The molecule has 3 aromatic rings. The molecular weight excluding hydrogens is 454 g/mol. The van der Waals surface area contributed by atoms with Crippen molar-refractivity contribution < 1.29 is 24.0 Å². The fourth-order valence-corrected chi connectivity index (χ4v) is 3.80. The molecule has 11 heteroatoms. The first-order valence-electron chi connectivity index (χ1n) is 10.8. The maximum atomic E-state index is 12.1. The number of carbonyl (C=O) groups is 2. The largest absolute Gasteiger partial charge is 0.489 e. The zero-order valence-corrected chi connectivity index (χ0v) is 18.9. The van der Waals surface area contributed by atoms with Crippen LogP contribution < -0.4 is 15.4 Å². The van der Waals surface area contributed by atoms with Gasteiger partial charge in [-0.1, -0.05) is 22.4 Å². The molecule has 2 aromatic carbocycles. The van der Waals surface area contributed by atoms with Crippen LogP contribution in [-0.2, 0) is 16.0 Å². The van der Waals surface area contributed by atoms with Crippen LogP contribution in [0, 0.1) is 10.1 Å². The summed E-state index contributed by atoms with van der Waals surface area (Å²) in [5, 5.41) is 21.8. The van der Waals surface area contributed by atoms with Crippen LogP contribution in [-0.4, -0.2) is 53.4 Å². The molecule has 1 aliphatic heterocycles. The summed E-state index contributed by atoms with van der Waals surface area (Å²) >= 11 is 0. The van der Waals surface area contributed by atoms with Crippen LogP contribution in [0.15, 0.2) is 55.3 Å². The molecule has 2 amide bonds. The standard InChI is InChI=1S/C24H23N5O6/c1-3-22(30)27-20-13-17(5-7-21(20)35-11-10-34-2)28-24(29(32)33)19(14-26-28)15-4-6-18-16(12-15)8-9-25-23(18)31/h3-7,12-14H,1,8-11H2,2H3,(H,25,31)(H,27,30). The van der Waals surface area contributed by atoms with Crippen LogP contribution in [0.5, 0.6) is 5.75 Å². The molecule has 4 rings (SSSR count). The van der Waals surface area contributed by atoms with Crippen molar-refractivity contribution in [3.63, 3.8) is 0 Å². The third-order valence-electron chi connectivity index (χ3n) is 5.45. The topological polar surface area (TPSA) is 138 Å². The molecule has 180 valence electrons. The zero-order valence-electron chi connectivity index (χ0n) is 18.9. The van der Waals surface area contributed by atoms with Gasteiger partial charge in [-0.05, 0) is 52.8 Å². The SMILES string of the molecule is C=CC(=O)Nc1cc(-n2ncc(-c3ccc4c(c3)CCNC4=O)c2[N+](=O)[O-])ccc1OCCOC. The molecule has 2 heterocycles. The summed E-state index contributed by atoms with van der Waals surface area (Å²) in [5.74, 6) is -0.513. The van der Waals surface area contributed by atoms with E-state index in [2.05, 4.69) is 22.3 Å². The van der Waals surface area contributed by atoms with Crippen molar-refractivity contribution in [2.45, 2.75) is 6.42 Å². The second-order valence-electron chi connectivity index (χ2n) is 7.64. The number of fused-ring (bicyclic) bond motifs is 1. The number of nitrogens with zero attached hydrogens (tertiary/aromatic N) is 3. The van der Waals surface area contributed by atoms with E-state index in [4.69, 9.17) is 9.47 Å². The van der Waals surface area contributed by atoms with Crippen molar-refractivity contribution in [3.05, 3.63) is 76.5 Å². The van der Waals surface area contributed by atoms with E-state index in [0.717, 1.165) is 11.6 Å². The van der Waals surface area contributed by atoms with Gasteiger partial charge in [-0.3, -0.25) is 9.59 Å². The van der Waals surface area contributed by atoms with E-state index >= 15 is 0 Å². The van der Waals surface area contributed by atoms with Crippen molar-refractivity contribution in [1.29, 1.82) is 0 Å². The smallest absolute Gasteiger partial charge is 0.358 e. The minimum absolute atomic E-state index is 0.162. The predicted octanol–water partition coefficient (Wildman–Crippen LogP) is 2.88. The molecule has 2 N–H and O–H groups in total. The van der Waals surface area contributed by atoms with Gasteiger partial charge in [0.15, 0.2) is 5.69 Å². The van der Waals surface area contributed by atoms with Crippen LogP contribution in [0.3, 0.4) is 0 Å². The van der Waals surface area contributed by atoms with Gasteiger partial charge in [0.1, 0.15) is 12.4 Å². The molecule has 11 nitrogen and oxygen atoms in total. The minimum atomic E-state index is -0.514. The Bertz CT molecular complexity index is 1320. The first-order valence-corrected chi connectivity index (χ1v) is 10.8. The molecule has 0 fully saturated rings. The number of rotatable bonds is 9. The molecule has 0 aliphatic carbocycles. The van der Waals surface area contributed by atoms with Gasteiger partial charge in [0.05, 0.1) is 24.1 Å². The molecule has 0 unspecified atom stereocenters. The van der Waals surface area contributed by atoms with Crippen molar-refractivity contribution in [2.75, 3.05) is 32.2 Å². The van der Waals surface area contributed by atoms with Gasteiger partial charge in [0.2, 0.25) is 5.91 Å². The van der Waals surface area contributed by atoms with E-state index in [0.29, 0.717) is 53.4 Å². The van der Waals surface area contributed by atoms with Gasteiger partial charge in [0.25, 0.3) is 5.91 Å². The van der Waals surface area contributed by atoms with E-state index in [1.807, 2.05) is 0 Å². The number of anilines is 1. The van der Waals surface area contributed by atoms with Gasteiger partial charge in [-0.2, -0.15) is 0 Å². The van der Waals surface area contributed by atoms with Crippen LogP contribution >= 0.6 is 0 Å². The second kappa shape index (κ2) is 10.2. The number of carbonyl (C=O) groups excluding carboxylic acids is 2. The summed E-state index contributed by atoms with van der Waals surface area (Å²) in [4.78, 5) is 35.6. The Morgan fingerprint density at radius 2 is 2.11 bits per heavy atom. The number of hydrogen-bond acceptors (Lipinski definition) is 7. The second-order valence-corrected chi connectivity index (χ2v) is 7.64. The van der Waals surface area contributed by atoms with Gasteiger partial charge in [0, 0.05) is 25.3 Å². The molecule has 1 aliphatic rings. The molecule has 1 aromatic heterocycles. The number of benzene rings is 2. The van der Waals surface area contributed by atoms with Gasteiger partial charge >= 0.3 is 5.82 Å². The lowest BCUT2D eigenvalue weighted by molar-refractivity contribution is -0.390. The number of methoxy groups -OCH3 is 1. The zero-order chi connectivity index (χ0) is 24.9. The van der Waals surface area contributed by atoms with E-state index in [1.54, 1.807) is 37.4 Å². The normalized spacial score (nSPS) is 12.4. The fraction of sp³-hybridized carbons (Fsp3) is 0.208. The summed E-state index contributed by atoms with van der Waals surface area (Å²) in [6.45, 7) is 4.54. The molecule has 0 bridgehead atoms. The van der Waals surface area contributed by atoms with Gasteiger partial charge in [-0.15, -0.1) is 0 Å². The summed E-state index contributed by atoms with van der Waals surface area (Å²) in [7, 11) is 1.54. The van der Waals surface area contributed by atoms with Crippen LogP contribution in [0.2, 0.25) is 0 Å². The fourth-order valence-electron chi connectivity index (χ4n) is 3.80. The molecule has 0 saturated carbocycles. The first kappa shape index (κ1) is 23.6. The highest BCUT2D eigenvalue weighted by Gasteiger charge is 2.27. The number of nitrogens with one attached hydrogen (secondary N) is 2. The maximum absolute atomic E-state index is 12.1. The highest BCUT2D eigenvalue weighted by atomic mass is 16.6. The average Bonchev–Trinajstić information content (AvgIpc) is 3.30. The lowest BCUT2D eigenvalue weighted by Gasteiger charge is -2.16. The summed E-state index contributed by atoms with van der Waals surface area (Å²) < 4.78 is 11.8. The van der Waals surface area contributed by atoms with E-state index < -0.39 is 10.8 Å². The predicted molar refractivity (Wildman–Crippen MR) is 128 cm³/mol. The van der Waals surface area contributed by atoms with Crippen molar-refractivity contribution in [1.82, 2.24) is 15.1 Å². The third-order valence-corrected chi connectivity index (χ3v) is 5.45. The summed E-state index contributed by atoms with van der Waals surface area (Å²) in [6, 6.07) is 9.84. The molecular formula is C24H23N5O6. The molecule has 0 radical (unpaired) electrons. The van der Waals surface area contributed by atoms with Crippen molar-refractivity contribution in [3.8, 4) is 22.6 Å². The molecule has 0 atom stereocenters. The van der Waals surface area contributed by atoms with Crippen LogP contribution in [0.1, 0.15) is 15.9 Å². The van der Waals surface area contributed by atoms with Gasteiger partial charge in [-0.25, -0.2) is 0 Å². The molecule has 0 saturated heterocycles. The Labute approximate surface area is 200 Å². The number of amides is 2. The van der Waals surface area contributed by atoms with Gasteiger partial charge < -0.3 is 30.2 Å². The number of aromatic nitrogens is 2. The van der Waals surface area contributed by atoms with Crippen LogP contribution in [0.4, 0.5) is 11.5 Å². The molecule has 35 heavy (non-hydrogen) atoms. The quantitative estimate of drug-likeness (QED) is 0.209. The van der Waals surface area contributed by atoms with Crippen molar-refractivity contribution >= 4 is 23.3 Å². The Kier molecular flexibility index (Phi) is 6.88. The first-order chi connectivity index (χ1) is 16.9. The highest BCUT2D eigenvalue weighted by molar-refractivity contribution is 6.00. The van der Waals surface area contributed by atoms with E-state index in [9.17, 15) is 19.7 Å². The number of ether oxygens (including phenoxy) is 2. The number of hydrogen-bond donors (Lipinski definition) is 2. The van der Waals surface area contributed by atoms with E-state index in [-0.39, 0.29) is 18.3 Å². The maximum Gasteiger partial charge on any atom is 0.358 e. The Morgan fingerprint density at radius 1 is 1.29 bits per heavy atom. The third kappa shape index (κ3) is 4.89. The Morgan fingerprint density at radius 3 is 2.86 bits per heavy atom. The lowest BCUT2D eigenvalue weighted by Crippen LogP contribution is -2.31. The lowest BCUT2D eigenvalue weighted by atomic mass is 9.96. The number of nitro groups is 1. The van der Waals surface area contributed by atoms with E-state index in [1.165, 1.54) is 16.9 Å². The van der Waals surface area contributed by atoms with Crippen LogP contribution in [0.25, 0.3) is 16.8 Å². The average molecular weight is 477 g/mol. The Hall–Kier alpha value is -4.51. The monoisotopic (exact) mass is 477 g/mol. The molecule has 0 spiro atoms. The highest BCUT2D eigenvalue weighted by Crippen LogP contribution is 2.35. The summed E-state index contributed by atoms with van der Waals surface area (Å²) in [6.07, 6.45) is 3.15. The Balaban J connectivity index is 1.76. The minimum Gasteiger partial charge on any atom is -0.489 e. The van der Waals surface area contributed by atoms with Crippen molar-refractivity contribution in [2.24, 2.45) is 0 Å². The summed E-state index contributed by atoms with van der Waals surface area (Å²) in [5.41, 5.74) is 2.91.